The molecule has 1 N–H and O–H groups in total. The van der Waals surface area contributed by atoms with Crippen molar-refractivity contribution in [2.75, 3.05) is 23.3 Å². The van der Waals surface area contributed by atoms with E-state index in [1.54, 1.807) is 35.2 Å². The number of urea groups is 1. The van der Waals surface area contributed by atoms with Gasteiger partial charge in [0.25, 0.3) is 5.91 Å². The molecule has 32 heavy (non-hydrogen) atoms. The molecule has 0 aliphatic carbocycles. The maximum Gasteiger partial charge on any atom is 0.324 e. The summed E-state index contributed by atoms with van der Waals surface area (Å²) in [6.45, 7) is 2.87. The summed E-state index contributed by atoms with van der Waals surface area (Å²) in [4.78, 5) is 28.6. The van der Waals surface area contributed by atoms with Gasteiger partial charge < -0.3 is 10.2 Å². The predicted octanol–water partition coefficient (Wildman–Crippen LogP) is 5.36. The van der Waals surface area contributed by atoms with Gasteiger partial charge in [-0.05, 0) is 67.4 Å². The van der Waals surface area contributed by atoms with E-state index >= 15 is 0 Å². The molecule has 1 aliphatic rings. The van der Waals surface area contributed by atoms with Gasteiger partial charge in [0.1, 0.15) is 11.6 Å². The quantitative estimate of drug-likeness (QED) is 0.587. The number of hydrogen-bond donors (Lipinski definition) is 1. The molecule has 1 saturated heterocycles. The smallest absolute Gasteiger partial charge is 0.322 e. The van der Waals surface area contributed by atoms with Crippen LogP contribution in [0.2, 0.25) is 0 Å². The second-order valence-corrected chi connectivity index (χ2v) is 7.76. The fourth-order valence-corrected chi connectivity index (χ4v) is 3.79. The second-order valence-electron chi connectivity index (χ2n) is 7.76. The molecule has 164 valence electrons. The van der Waals surface area contributed by atoms with Gasteiger partial charge >= 0.3 is 6.03 Å². The van der Waals surface area contributed by atoms with E-state index in [0.29, 0.717) is 36.4 Å². The summed E-state index contributed by atoms with van der Waals surface area (Å²) in [5.41, 5.74) is 2.92. The third kappa shape index (κ3) is 4.61. The van der Waals surface area contributed by atoms with Crippen molar-refractivity contribution < 1.29 is 18.4 Å². The number of anilines is 2. The Hall–Kier alpha value is -3.74. The van der Waals surface area contributed by atoms with E-state index in [2.05, 4.69) is 5.32 Å². The molecule has 0 radical (unpaired) electrons. The molecule has 3 amide bonds. The molecular formula is C25H23F2N3O2. The van der Waals surface area contributed by atoms with Crippen LogP contribution < -0.4 is 10.2 Å². The van der Waals surface area contributed by atoms with Crippen LogP contribution in [-0.4, -0.2) is 29.9 Å². The van der Waals surface area contributed by atoms with E-state index in [1.165, 1.54) is 4.90 Å². The van der Waals surface area contributed by atoms with Crippen molar-refractivity contribution >= 4 is 23.3 Å². The Bertz CT molecular complexity index is 1150. The van der Waals surface area contributed by atoms with Gasteiger partial charge in [0.05, 0.1) is 6.54 Å². The number of hydrogen-bond acceptors (Lipinski definition) is 2. The second kappa shape index (κ2) is 9.18. The maximum atomic E-state index is 14.0. The zero-order valence-electron chi connectivity index (χ0n) is 17.6. The van der Waals surface area contributed by atoms with Gasteiger partial charge in [-0.25, -0.2) is 13.6 Å². The number of halogens is 2. The van der Waals surface area contributed by atoms with Crippen molar-refractivity contribution in [3.63, 3.8) is 0 Å². The molecule has 0 aromatic heterocycles. The number of nitrogens with one attached hydrogen (secondary N) is 1. The number of aryl methyl sites for hydroxylation is 1. The molecule has 0 bridgehead atoms. The highest BCUT2D eigenvalue weighted by molar-refractivity contribution is 6.05. The van der Waals surface area contributed by atoms with Crippen LogP contribution in [0.25, 0.3) is 0 Å². The summed E-state index contributed by atoms with van der Waals surface area (Å²) in [6, 6.07) is 17.3. The van der Waals surface area contributed by atoms with Crippen LogP contribution >= 0.6 is 0 Å². The topological polar surface area (TPSA) is 52.7 Å². The van der Waals surface area contributed by atoms with E-state index in [0.717, 1.165) is 23.8 Å². The number of nitrogens with zero attached hydrogens (tertiary/aromatic N) is 2. The van der Waals surface area contributed by atoms with Crippen LogP contribution in [0.15, 0.2) is 66.7 Å². The van der Waals surface area contributed by atoms with E-state index in [4.69, 9.17) is 0 Å². The van der Waals surface area contributed by atoms with Crippen molar-refractivity contribution in [1.29, 1.82) is 0 Å². The lowest BCUT2D eigenvalue weighted by Crippen LogP contribution is -2.49. The zero-order chi connectivity index (χ0) is 22.7. The molecule has 3 aromatic carbocycles. The molecule has 0 saturated carbocycles. The maximum absolute atomic E-state index is 14.0. The van der Waals surface area contributed by atoms with Gasteiger partial charge in [-0.1, -0.05) is 18.2 Å². The number of amides is 3. The summed E-state index contributed by atoms with van der Waals surface area (Å²) >= 11 is 0. The summed E-state index contributed by atoms with van der Waals surface area (Å²) in [7, 11) is 0. The van der Waals surface area contributed by atoms with Gasteiger partial charge in [-0.3, -0.25) is 9.69 Å². The lowest BCUT2D eigenvalue weighted by atomic mass is 10.1. The average Bonchev–Trinajstić information content (AvgIpc) is 2.78. The Kier molecular flexibility index (Phi) is 6.16. The normalized spacial score (nSPS) is 13.9. The number of rotatable bonds is 5. The van der Waals surface area contributed by atoms with Crippen LogP contribution in [0.3, 0.4) is 0 Å². The summed E-state index contributed by atoms with van der Waals surface area (Å²) in [5, 5.41) is 2.86. The molecular weight excluding hydrogens is 412 g/mol. The first-order valence-corrected chi connectivity index (χ1v) is 10.4. The average molecular weight is 435 g/mol. The van der Waals surface area contributed by atoms with E-state index in [1.807, 2.05) is 25.1 Å². The third-order valence-electron chi connectivity index (χ3n) is 5.51. The molecule has 7 heteroatoms. The van der Waals surface area contributed by atoms with Crippen LogP contribution in [0.5, 0.6) is 0 Å². The highest BCUT2D eigenvalue weighted by Gasteiger charge is 2.27. The first-order chi connectivity index (χ1) is 15.4. The highest BCUT2D eigenvalue weighted by Crippen LogP contribution is 2.24. The van der Waals surface area contributed by atoms with Crippen molar-refractivity contribution in [3.8, 4) is 0 Å². The Morgan fingerprint density at radius 2 is 1.75 bits per heavy atom. The van der Waals surface area contributed by atoms with Crippen LogP contribution in [0.1, 0.15) is 27.9 Å². The number of benzene rings is 3. The minimum Gasteiger partial charge on any atom is -0.322 e. The molecule has 4 rings (SSSR count). The van der Waals surface area contributed by atoms with Crippen molar-refractivity contribution in [2.45, 2.75) is 19.9 Å². The van der Waals surface area contributed by atoms with E-state index < -0.39 is 11.6 Å². The first kappa shape index (κ1) is 21.5. The number of carbonyl (C=O) groups excluding carboxylic acids is 2. The Morgan fingerprint density at radius 1 is 1.00 bits per heavy atom. The first-order valence-electron chi connectivity index (χ1n) is 10.4. The lowest BCUT2D eigenvalue weighted by molar-refractivity contribution is 0.102. The van der Waals surface area contributed by atoms with Gasteiger partial charge in [0, 0.05) is 35.6 Å². The predicted molar refractivity (Wildman–Crippen MR) is 120 cm³/mol. The zero-order valence-corrected chi connectivity index (χ0v) is 17.6. The molecule has 0 unspecified atom stereocenters. The lowest BCUT2D eigenvalue weighted by Gasteiger charge is -2.35. The third-order valence-corrected chi connectivity index (χ3v) is 5.51. The molecule has 0 atom stereocenters. The highest BCUT2D eigenvalue weighted by atomic mass is 19.1. The SMILES string of the molecule is Cc1ccccc1C(=O)Nc1ccc(N2CCCN(Cc3cc(F)ccc3F)C2=O)cc1. The van der Waals surface area contributed by atoms with Crippen molar-refractivity contribution in [2.24, 2.45) is 0 Å². The molecule has 1 fully saturated rings. The molecule has 3 aromatic rings. The summed E-state index contributed by atoms with van der Waals surface area (Å²) in [6.07, 6.45) is 0.703. The minimum atomic E-state index is -0.537. The van der Waals surface area contributed by atoms with E-state index in [-0.39, 0.29) is 24.0 Å². The summed E-state index contributed by atoms with van der Waals surface area (Å²) < 4.78 is 27.5. The Balaban J connectivity index is 1.45. The van der Waals surface area contributed by atoms with Crippen molar-refractivity contribution in [1.82, 2.24) is 4.90 Å². The molecule has 1 heterocycles. The monoisotopic (exact) mass is 435 g/mol. The van der Waals surface area contributed by atoms with Crippen LogP contribution in [0, 0.1) is 18.6 Å². The molecule has 1 aliphatic heterocycles. The minimum absolute atomic E-state index is 0.00347. The van der Waals surface area contributed by atoms with Gasteiger partial charge in [-0.15, -0.1) is 0 Å². The van der Waals surface area contributed by atoms with Gasteiger partial charge in [0.15, 0.2) is 0 Å². The number of carbonyl (C=O) groups is 2. The Labute approximate surface area is 185 Å². The standard InChI is InChI=1S/C25H23F2N3O2/c1-17-5-2-3-6-22(17)24(31)28-20-8-10-21(11-9-20)30-14-4-13-29(25(30)32)16-18-15-19(26)7-12-23(18)27/h2-3,5-12,15H,4,13-14,16H2,1H3,(H,28,31). The van der Waals surface area contributed by atoms with E-state index in [9.17, 15) is 18.4 Å². The molecule has 0 spiro atoms. The van der Waals surface area contributed by atoms with Gasteiger partial charge in [-0.2, -0.15) is 0 Å². The molecule has 5 nitrogen and oxygen atoms in total. The van der Waals surface area contributed by atoms with Crippen molar-refractivity contribution in [3.05, 3.63) is 95.1 Å². The van der Waals surface area contributed by atoms with Crippen LogP contribution in [-0.2, 0) is 6.54 Å². The van der Waals surface area contributed by atoms with Gasteiger partial charge in [0.2, 0.25) is 0 Å². The Morgan fingerprint density at radius 3 is 2.50 bits per heavy atom. The fourth-order valence-electron chi connectivity index (χ4n) is 3.79. The largest absolute Gasteiger partial charge is 0.324 e. The summed E-state index contributed by atoms with van der Waals surface area (Å²) in [5.74, 6) is -1.27. The van der Waals surface area contributed by atoms with Crippen LogP contribution in [0.4, 0.5) is 25.0 Å². The fraction of sp³-hybridized carbons (Fsp3) is 0.200.